The molecule has 1 N–H and O–H groups in total. The average Bonchev–Trinajstić information content (AvgIpc) is 2.29. The highest BCUT2D eigenvalue weighted by molar-refractivity contribution is 5.85. The number of rotatable bonds is 2. The van der Waals surface area contributed by atoms with Gasteiger partial charge in [-0.15, -0.1) is 0 Å². The van der Waals surface area contributed by atoms with Crippen molar-refractivity contribution in [2.75, 3.05) is 13.2 Å². The maximum Gasteiger partial charge on any atom is 0.180 e. The molecule has 64 valence electrons. The van der Waals surface area contributed by atoms with Crippen molar-refractivity contribution in [1.29, 1.82) is 0 Å². The second kappa shape index (κ2) is 2.89. The van der Waals surface area contributed by atoms with E-state index in [1.54, 1.807) is 0 Å². The first-order chi connectivity index (χ1) is 5.05. The van der Waals surface area contributed by atoms with Crippen LogP contribution in [0.2, 0.25) is 0 Å². The lowest BCUT2D eigenvalue weighted by Gasteiger charge is -2.14. The number of hydrogen-bond acceptors (Lipinski definition) is 2. The summed E-state index contributed by atoms with van der Waals surface area (Å²) >= 11 is 0. The molecule has 1 rings (SSSR count). The Kier molecular flexibility index (Phi) is 2.28. The monoisotopic (exact) mass is 159 g/mol. The van der Waals surface area contributed by atoms with E-state index >= 15 is 0 Å². The van der Waals surface area contributed by atoms with Crippen molar-refractivity contribution >= 4 is 5.78 Å². The van der Waals surface area contributed by atoms with E-state index < -0.39 is 6.67 Å². The minimum Gasteiger partial charge on any atom is -0.307 e. The van der Waals surface area contributed by atoms with Gasteiger partial charge in [-0.2, -0.15) is 0 Å². The maximum absolute atomic E-state index is 11.9. The van der Waals surface area contributed by atoms with Gasteiger partial charge in [0.2, 0.25) is 0 Å². The average molecular weight is 159 g/mol. The number of carbonyl (C=O) groups is 1. The highest BCUT2D eigenvalue weighted by atomic mass is 19.1. The van der Waals surface area contributed by atoms with E-state index in [4.69, 9.17) is 0 Å². The zero-order chi connectivity index (χ0) is 8.48. The molecule has 1 atom stereocenters. The lowest BCUT2D eigenvalue weighted by Crippen LogP contribution is -2.31. The van der Waals surface area contributed by atoms with Crippen LogP contribution in [0.1, 0.15) is 20.3 Å². The first-order valence-electron chi connectivity index (χ1n) is 3.87. The van der Waals surface area contributed by atoms with Crippen molar-refractivity contribution in [3.8, 4) is 0 Å². The van der Waals surface area contributed by atoms with E-state index in [1.165, 1.54) is 0 Å². The summed E-state index contributed by atoms with van der Waals surface area (Å²) in [6, 6.07) is -0.241. The Bertz CT molecular complexity index is 167. The molecule has 0 aromatic rings. The first kappa shape index (κ1) is 8.65. The van der Waals surface area contributed by atoms with E-state index in [1.807, 2.05) is 0 Å². The van der Waals surface area contributed by atoms with Crippen molar-refractivity contribution in [3.63, 3.8) is 0 Å². The van der Waals surface area contributed by atoms with Crippen LogP contribution >= 0.6 is 0 Å². The third-order valence-corrected chi connectivity index (χ3v) is 2.10. The fraction of sp³-hybridized carbons (Fsp3) is 0.875. The van der Waals surface area contributed by atoms with Gasteiger partial charge in [-0.3, -0.25) is 4.79 Å². The highest BCUT2D eigenvalue weighted by Gasteiger charge is 2.33. The van der Waals surface area contributed by atoms with Crippen LogP contribution in [0.3, 0.4) is 0 Å². The molecule has 3 heteroatoms. The fourth-order valence-corrected chi connectivity index (χ4v) is 1.42. The van der Waals surface area contributed by atoms with Crippen molar-refractivity contribution in [3.05, 3.63) is 0 Å². The molecule has 1 aliphatic heterocycles. The Morgan fingerprint density at radius 3 is 2.73 bits per heavy atom. The van der Waals surface area contributed by atoms with Crippen molar-refractivity contribution in [2.24, 2.45) is 5.41 Å². The van der Waals surface area contributed by atoms with Gasteiger partial charge >= 0.3 is 0 Å². The van der Waals surface area contributed by atoms with Gasteiger partial charge in [0.1, 0.15) is 6.67 Å². The molecule has 1 unspecified atom stereocenters. The number of ketones is 1. The summed E-state index contributed by atoms with van der Waals surface area (Å²) in [5, 5.41) is 3.01. The van der Waals surface area contributed by atoms with Gasteiger partial charge in [-0.1, -0.05) is 13.8 Å². The summed E-state index contributed by atoms with van der Waals surface area (Å²) in [6.07, 6.45) is 0.760. The molecule has 0 spiro atoms. The van der Waals surface area contributed by atoms with Crippen LogP contribution in [0, 0.1) is 5.41 Å². The molecule has 0 radical (unpaired) electrons. The Hall–Kier alpha value is -0.440. The second-order valence-corrected chi connectivity index (χ2v) is 3.90. The zero-order valence-electron chi connectivity index (χ0n) is 6.98. The molecule has 1 saturated heterocycles. The topological polar surface area (TPSA) is 29.1 Å². The third-order valence-electron chi connectivity index (χ3n) is 2.10. The maximum atomic E-state index is 11.9. The number of hydrogen-bond donors (Lipinski definition) is 1. The predicted octanol–water partition coefficient (Wildman–Crippen LogP) is 0.913. The van der Waals surface area contributed by atoms with Crippen LogP contribution in [0.5, 0.6) is 0 Å². The number of halogens is 1. The van der Waals surface area contributed by atoms with E-state index in [0.29, 0.717) is 0 Å². The number of carbonyl (C=O) groups excluding carboxylic acids is 1. The first-order valence-corrected chi connectivity index (χ1v) is 3.87. The smallest absolute Gasteiger partial charge is 0.180 e. The fourth-order valence-electron chi connectivity index (χ4n) is 1.42. The van der Waals surface area contributed by atoms with E-state index in [9.17, 15) is 9.18 Å². The van der Waals surface area contributed by atoms with E-state index in [-0.39, 0.29) is 17.2 Å². The molecule has 1 heterocycles. The zero-order valence-corrected chi connectivity index (χ0v) is 6.98. The van der Waals surface area contributed by atoms with Crippen LogP contribution in [0.4, 0.5) is 4.39 Å². The molecule has 2 nitrogen and oxygen atoms in total. The van der Waals surface area contributed by atoms with Crippen molar-refractivity contribution in [1.82, 2.24) is 5.32 Å². The summed E-state index contributed by atoms with van der Waals surface area (Å²) in [7, 11) is 0. The molecule has 1 aliphatic rings. The normalized spacial score (nSPS) is 28.8. The standard InChI is InChI=1S/C8H14FNO/c1-8(2)3-6(10-5-8)7(11)4-9/h6,10H,3-5H2,1-2H3. The molecule has 11 heavy (non-hydrogen) atoms. The van der Waals surface area contributed by atoms with Gasteiger partial charge in [0.25, 0.3) is 0 Å². The predicted molar refractivity (Wildman–Crippen MR) is 41.2 cm³/mol. The van der Waals surface area contributed by atoms with Crippen LogP contribution in [-0.2, 0) is 4.79 Å². The molecule has 0 bridgehead atoms. The van der Waals surface area contributed by atoms with Gasteiger partial charge in [-0.05, 0) is 11.8 Å². The van der Waals surface area contributed by atoms with Crippen LogP contribution < -0.4 is 5.32 Å². The molecule has 0 aliphatic carbocycles. The van der Waals surface area contributed by atoms with Gasteiger partial charge in [0.15, 0.2) is 5.78 Å². The molecule has 0 amide bonds. The summed E-state index contributed by atoms with van der Waals surface area (Å²) < 4.78 is 11.9. The van der Waals surface area contributed by atoms with Crippen LogP contribution in [0.15, 0.2) is 0 Å². The van der Waals surface area contributed by atoms with E-state index in [0.717, 1.165) is 13.0 Å². The summed E-state index contributed by atoms with van der Waals surface area (Å²) in [4.78, 5) is 10.9. The Balaban J connectivity index is 2.48. The summed E-state index contributed by atoms with van der Waals surface area (Å²) in [5.41, 5.74) is 0.148. The second-order valence-electron chi connectivity index (χ2n) is 3.90. The highest BCUT2D eigenvalue weighted by Crippen LogP contribution is 2.27. The quantitative estimate of drug-likeness (QED) is 0.649. The third kappa shape index (κ3) is 1.99. The molecule has 0 aromatic carbocycles. The molecule has 0 aromatic heterocycles. The Morgan fingerprint density at radius 1 is 1.73 bits per heavy atom. The summed E-state index contributed by atoms with van der Waals surface area (Å²) in [6.45, 7) is 4.12. The van der Waals surface area contributed by atoms with E-state index in [2.05, 4.69) is 19.2 Å². The number of nitrogens with one attached hydrogen (secondary N) is 1. The van der Waals surface area contributed by atoms with Crippen molar-refractivity contribution < 1.29 is 9.18 Å². The molecule has 0 saturated carbocycles. The number of Topliss-reactive ketones (excluding diaryl/α,β-unsaturated/α-hetero) is 1. The Morgan fingerprint density at radius 2 is 2.36 bits per heavy atom. The SMILES string of the molecule is CC1(C)CNC(C(=O)CF)C1. The van der Waals surface area contributed by atoms with Gasteiger partial charge in [-0.25, -0.2) is 4.39 Å². The van der Waals surface area contributed by atoms with Crippen LogP contribution in [0.25, 0.3) is 0 Å². The largest absolute Gasteiger partial charge is 0.307 e. The molecular formula is C8H14FNO. The Labute approximate surface area is 66.2 Å². The summed E-state index contributed by atoms with van der Waals surface area (Å²) in [5.74, 6) is -0.310. The minimum atomic E-state index is -0.840. The van der Waals surface area contributed by atoms with Crippen LogP contribution in [-0.4, -0.2) is 25.0 Å². The lowest BCUT2D eigenvalue weighted by molar-refractivity contribution is -0.121. The van der Waals surface area contributed by atoms with Crippen molar-refractivity contribution in [2.45, 2.75) is 26.3 Å². The van der Waals surface area contributed by atoms with Gasteiger partial charge < -0.3 is 5.32 Å². The molecule has 1 fully saturated rings. The van der Waals surface area contributed by atoms with Gasteiger partial charge in [0, 0.05) is 6.54 Å². The minimum absolute atomic E-state index is 0.148. The number of alkyl halides is 1. The van der Waals surface area contributed by atoms with Gasteiger partial charge in [0.05, 0.1) is 6.04 Å². The molecular weight excluding hydrogens is 145 g/mol. The lowest BCUT2D eigenvalue weighted by atomic mass is 9.90.